The number of aliphatic hydroxyl groups is 2. The number of ether oxygens (including phenoxy) is 1. The van der Waals surface area contributed by atoms with Crippen molar-refractivity contribution >= 4 is 17.8 Å². The van der Waals surface area contributed by atoms with E-state index >= 15 is 0 Å². The standard InChI is InChI=1S/C26H39NO7/c1-18(7-4-9-19(2)15-26(33)16-20(3)25(32)34-26)8-5-11-22(28)12-6-10-21-13-14-27(24(21)31)17-23(29)30/h8,13,16,19,22,28,33H,4-7,9-12,14-15,17H2,1-3H3,(H,29,30)/b18-8+/t19-,22?,26?/m1/s1. The molecule has 1 amide bonds. The second-order valence-electron chi connectivity index (χ2n) is 9.75. The molecule has 0 radical (unpaired) electrons. The molecule has 0 aromatic carbocycles. The third kappa shape index (κ3) is 9.06. The predicted octanol–water partition coefficient (Wildman–Crippen LogP) is 3.49. The van der Waals surface area contributed by atoms with Crippen LogP contribution in [0.15, 0.2) is 34.9 Å². The quantitative estimate of drug-likeness (QED) is 0.244. The number of amides is 1. The molecule has 2 rings (SSSR count). The summed E-state index contributed by atoms with van der Waals surface area (Å²) >= 11 is 0. The van der Waals surface area contributed by atoms with Crippen molar-refractivity contribution in [2.24, 2.45) is 5.92 Å². The van der Waals surface area contributed by atoms with Crippen molar-refractivity contribution in [2.75, 3.05) is 13.1 Å². The van der Waals surface area contributed by atoms with Crippen LogP contribution in [0.2, 0.25) is 0 Å². The SMILES string of the molecule is CC1=CC(O)(C[C@H](C)CCC/C(C)=C/CCC(O)CCCC2=CCN(CC(=O)O)C2=O)OC1=O. The second kappa shape index (κ2) is 12.9. The summed E-state index contributed by atoms with van der Waals surface area (Å²) in [6.07, 6.45) is 11.5. The molecule has 8 nitrogen and oxygen atoms in total. The summed E-state index contributed by atoms with van der Waals surface area (Å²) in [5.74, 6) is -2.94. The highest BCUT2D eigenvalue weighted by molar-refractivity contribution is 5.97. The maximum Gasteiger partial charge on any atom is 0.336 e. The van der Waals surface area contributed by atoms with E-state index in [1.54, 1.807) is 13.0 Å². The van der Waals surface area contributed by atoms with Crippen molar-refractivity contribution < 1.29 is 34.4 Å². The molecule has 0 bridgehead atoms. The molecule has 8 heteroatoms. The summed E-state index contributed by atoms with van der Waals surface area (Å²) < 4.78 is 5.06. The molecule has 2 aliphatic rings. The monoisotopic (exact) mass is 477 g/mol. The molecule has 0 aromatic rings. The van der Waals surface area contributed by atoms with Crippen molar-refractivity contribution in [3.63, 3.8) is 0 Å². The van der Waals surface area contributed by atoms with Crippen LogP contribution in [0.25, 0.3) is 0 Å². The van der Waals surface area contributed by atoms with E-state index in [1.807, 2.05) is 6.92 Å². The average Bonchev–Trinajstić information content (AvgIpc) is 3.19. The summed E-state index contributed by atoms with van der Waals surface area (Å²) in [4.78, 5) is 35.7. The van der Waals surface area contributed by atoms with Gasteiger partial charge >= 0.3 is 11.9 Å². The van der Waals surface area contributed by atoms with Crippen LogP contribution in [0.1, 0.15) is 78.6 Å². The molecule has 0 saturated heterocycles. The van der Waals surface area contributed by atoms with Gasteiger partial charge in [-0.3, -0.25) is 9.59 Å². The van der Waals surface area contributed by atoms with Gasteiger partial charge in [0.1, 0.15) is 6.54 Å². The van der Waals surface area contributed by atoms with Crippen LogP contribution < -0.4 is 0 Å². The number of rotatable bonds is 15. The predicted molar refractivity (Wildman–Crippen MR) is 128 cm³/mol. The number of carboxylic acid groups (broad SMARTS) is 1. The van der Waals surface area contributed by atoms with Crippen LogP contribution >= 0.6 is 0 Å². The van der Waals surface area contributed by atoms with Crippen LogP contribution in [-0.2, 0) is 19.1 Å². The fraction of sp³-hybridized carbons (Fsp3) is 0.654. The maximum atomic E-state index is 12.1. The Morgan fingerprint density at radius 2 is 2.00 bits per heavy atom. The van der Waals surface area contributed by atoms with Gasteiger partial charge in [0.2, 0.25) is 11.7 Å². The topological polar surface area (TPSA) is 124 Å². The highest BCUT2D eigenvalue weighted by atomic mass is 16.7. The minimum Gasteiger partial charge on any atom is -0.480 e. The van der Waals surface area contributed by atoms with Crippen molar-refractivity contribution in [1.82, 2.24) is 4.90 Å². The van der Waals surface area contributed by atoms with E-state index in [9.17, 15) is 24.6 Å². The number of hydrogen-bond acceptors (Lipinski definition) is 6. The molecule has 2 heterocycles. The van der Waals surface area contributed by atoms with Gasteiger partial charge in [-0.1, -0.05) is 31.1 Å². The van der Waals surface area contributed by atoms with Gasteiger partial charge in [-0.2, -0.15) is 0 Å². The van der Waals surface area contributed by atoms with E-state index in [-0.39, 0.29) is 18.4 Å². The van der Waals surface area contributed by atoms with Crippen molar-refractivity contribution in [3.05, 3.63) is 34.9 Å². The zero-order valence-electron chi connectivity index (χ0n) is 20.6. The zero-order valence-corrected chi connectivity index (χ0v) is 20.6. The number of nitrogens with zero attached hydrogens (tertiary/aromatic N) is 1. The molecule has 0 spiro atoms. The highest BCUT2D eigenvalue weighted by Gasteiger charge is 2.37. The van der Waals surface area contributed by atoms with E-state index in [4.69, 9.17) is 9.84 Å². The van der Waals surface area contributed by atoms with Gasteiger partial charge in [-0.25, -0.2) is 4.79 Å². The van der Waals surface area contributed by atoms with Crippen LogP contribution in [0.4, 0.5) is 0 Å². The first kappa shape index (κ1) is 27.8. The molecule has 0 aromatic heterocycles. The lowest BCUT2D eigenvalue weighted by atomic mass is 9.94. The Hall–Kier alpha value is -2.45. The lowest BCUT2D eigenvalue weighted by Crippen LogP contribution is -2.32. The second-order valence-corrected chi connectivity index (χ2v) is 9.75. The first-order valence-electron chi connectivity index (χ1n) is 12.2. The van der Waals surface area contributed by atoms with E-state index < -0.39 is 23.8 Å². The fourth-order valence-corrected chi connectivity index (χ4v) is 4.50. The Kier molecular flexibility index (Phi) is 10.5. The number of aliphatic hydroxyl groups excluding tert-OH is 1. The number of esters is 1. The number of cyclic esters (lactones) is 1. The van der Waals surface area contributed by atoms with Gasteiger partial charge in [0.05, 0.1) is 6.10 Å². The van der Waals surface area contributed by atoms with Crippen LogP contribution in [0.3, 0.4) is 0 Å². The smallest absolute Gasteiger partial charge is 0.336 e. The van der Waals surface area contributed by atoms with Crippen molar-refractivity contribution in [1.29, 1.82) is 0 Å². The highest BCUT2D eigenvalue weighted by Crippen LogP contribution is 2.30. The Balaban J connectivity index is 1.56. The number of allylic oxidation sites excluding steroid dienone is 2. The Labute approximate surface area is 202 Å². The lowest BCUT2D eigenvalue weighted by molar-refractivity contribution is -0.183. The lowest BCUT2D eigenvalue weighted by Gasteiger charge is -2.23. The van der Waals surface area contributed by atoms with Crippen LogP contribution in [0, 0.1) is 5.92 Å². The van der Waals surface area contributed by atoms with Crippen LogP contribution in [0.5, 0.6) is 0 Å². The van der Waals surface area contributed by atoms with E-state index in [2.05, 4.69) is 13.0 Å². The Morgan fingerprint density at radius 3 is 2.65 bits per heavy atom. The molecule has 3 atom stereocenters. The van der Waals surface area contributed by atoms with Gasteiger partial charge in [0.25, 0.3) is 0 Å². The van der Waals surface area contributed by atoms with Crippen molar-refractivity contribution in [3.8, 4) is 0 Å². The minimum atomic E-state index is -1.47. The van der Waals surface area contributed by atoms with Gasteiger partial charge in [0, 0.05) is 24.1 Å². The van der Waals surface area contributed by atoms with E-state index in [0.29, 0.717) is 49.8 Å². The molecule has 0 aliphatic carbocycles. The number of carbonyl (C=O) groups excluding carboxylic acids is 2. The number of carbonyl (C=O) groups is 3. The van der Waals surface area contributed by atoms with Gasteiger partial charge in [-0.15, -0.1) is 0 Å². The summed E-state index contributed by atoms with van der Waals surface area (Å²) in [7, 11) is 0. The zero-order chi connectivity index (χ0) is 25.3. The van der Waals surface area contributed by atoms with Gasteiger partial charge < -0.3 is 25.0 Å². The fourth-order valence-electron chi connectivity index (χ4n) is 4.50. The largest absolute Gasteiger partial charge is 0.480 e. The third-order valence-corrected chi connectivity index (χ3v) is 6.36. The molecule has 34 heavy (non-hydrogen) atoms. The molecular weight excluding hydrogens is 438 g/mol. The number of hydrogen-bond donors (Lipinski definition) is 3. The third-order valence-electron chi connectivity index (χ3n) is 6.36. The minimum absolute atomic E-state index is 0.213. The molecular formula is C26H39NO7. The Morgan fingerprint density at radius 1 is 1.26 bits per heavy atom. The molecule has 0 fully saturated rings. The van der Waals surface area contributed by atoms with Gasteiger partial charge in [0.15, 0.2) is 0 Å². The number of aliphatic carboxylic acids is 1. The molecule has 2 unspecified atom stereocenters. The first-order valence-corrected chi connectivity index (χ1v) is 12.2. The van der Waals surface area contributed by atoms with Crippen LogP contribution in [-0.4, -0.2) is 63.0 Å². The first-order chi connectivity index (χ1) is 16.0. The number of carboxylic acids is 1. The average molecular weight is 478 g/mol. The van der Waals surface area contributed by atoms with E-state index in [1.165, 1.54) is 16.5 Å². The molecule has 3 N–H and O–H groups in total. The van der Waals surface area contributed by atoms with Crippen molar-refractivity contribution in [2.45, 2.75) is 90.4 Å². The Bertz CT molecular complexity index is 844. The summed E-state index contributed by atoms with van der Waals surface area (Å²) in [6, 6.07) is 0. The molecule has 0 saturated carbocycles. The molecule has 2 aliphatic heterocycles. The summed E-state index contributed by atoms with van der Waals surface area (Å²) in [6.45, 7) is 5.83. The summed E-state index contributed by atoms with van der Waals surface area (Å²) in [5.41, 5.74) is 2.35. The summed E-state index contributed by atoms with van der Waals surface area (Å²) in [5, 5.41) is 29.4. The normalized spacial score (nSPS) is 22.5. The van der Waals surface area contributed by atoms with E-state index in [0.717, 1.165) is 25.7 Å². The maximum absolute atomic E-state index is 12.1. The molecule has 190 valence electrons. The van der Waals surface area contributed by atoms with Gasteiger partial charge in [-0.05, 0) is 70.8 Å².